The van der Waals surface area contributed by atoms with E-state index in [-0.39, 0.29) is 16.6 Å². The van der Waals surface area contributed by atoms with Crippen LogP contribution < -0.4 is 10.6 Å². The molecular weight excluding hydrogens is 298 g/mol. The zero-order chi connectivity index (χ0) is 15.5. The lowest BCUT2D eigenvalue weighted by molar-refractivity contribution is 0.235. The van der Waals surface area contributed by atoms with Crippen molar-refractivity contribution in [2.24, 2.45) is 5.92 Å². The van der Waals surface area contributed by atoms with Crippen molar-refractivity contribution in [3.05, 3.63) is 24.3 Å². The minimum atomic E-state index is -4.60. The summed E-state index contributed by atoms with van der Waals surface area (Å²) in [5.41, 5.74) is 0.246. The second kappa shape index (κ2) is 6.70. The van der Waals surface area contributed by atoms with E-state index in [0.717, 1.165) is 25.9 Å². The smallest absolute Gasteiger partial charge is 0.341 e. The molecule has 0 radical (unpaired) electrons. The van der Waals surface area contributed by atoms with Gasteiger partial charge in [-0.2, -0.15) is 8.78 Å². The molecule has 1 heterocycles. The average molecular weight is 318 g/mol. The molecule has 0 spiro atoms. The van der Waals surface area contributed by atoms with Crippen LogP contribution in [0.15, 0.2) is 29.2 Å². The van der Waals surface area contributed by atoms with Gasteiger partial charge in [0.15, 0.2) is 0 Å². The maximum Gasteiger partial charge on any atom is 0.341 e. The average Bonchev–Trinajstić information content (AvgIpc) is 2.48. The molecule has 2 atom stereocenters. The zero-order valence-electron chi connectivity index (χ0n) is 11.9. The fraction of sp³-hybridized carbons (Fsp3) is 0.571. The number of sulfone groups is 1. The number of benzene rings is 1. The van der Waals surface area contributed by atoms with E-state index in [9.17, 15) is 17.2 Å². The maximum absolute atomic E-state index is 12.7. The Bertz CT molecular complexity index is 572. The number of para-hydroxylation sites is 1. The Balaban J connectivity index is 2.20. The van der Waals surface area contributed by atoms with Crippen LogP contribution in [-0.2, 0) is 9.84 Å². The van der Waals surface area contributed by atoms with Crippen molar-refractivity contribution in [2.45, 2.75) is 36.5 Å². The van der Waals surface area contributed by atoms with Crippen molar-refractivity contribution >= 4 is 15.5 Å². The highest BCUT2D eigenvalue weighted by atomic mass is 32.2. The predicted molar refractivity (Wildman–Crippen MR) is 78.3 cm³/mol. The molecule has 2 rings (SSSR count). The quantitative estimate of drug-likeness (QED) is 0.876. The summed E-state index contributed by atoms with van der Waals surface area (Å²) < 4.78 is 48.9. The summed E-state index contributed by atoms with van der Waals surface area (Å²) in [6.45, 7) is 3.78. The van der Waals surface area contributed by atoms with Crippen LogP contribution in [0.25, 0.3) is 0 Å². The summed E-state index contributed by atoms with van der Waals surface area (Å²) in [6.07, 6.45) is 2.10. The first kappa shape index (κ1) is 16.2. The van der Waals surface area contributed by atoms with E-state index in [2.05, 4.69) is 10.6 Å². The van der Waals surface area contributed by atoms with E-state index >= 15 is 0 Å². The van der Waals surface area contributed by atoms with E-state index in [1.54, 1.807) is 6.07 Å². The molecule has 0 aromatic heterocycles. The molecule has 2 N–H and O–H groups in total. The normalized spacial score (nSPS) is 21.2. The minimum absolute atomic E-state index is 0.00632. The third-order valence-electron chi connectivity index (χ3n) is 3.85. The fourth-order valence-electron chi connectivity index (χ4n) is 2.60. The van der Waals surface area contributed by atoms with Crippen molar-refractivity contribution in [3.8, 4) is 0 Å². The molecule has 0 amide bonds. The van der Waals surface area contributed by atoms with Gasteiger partial charge in [0.25, 0.3) is 0 Å². The van der Waals surface area contributed by atoms with Gasteiger partial charge < -0.3 is 10.6 Å². The summed E-state index contributed by atoms with van der Waals surface area (Å²) in [4.78, 5) is -0.337. The van der Waals surface area contributed by atoms with Crippen LogP contribution in [0.2, 0.25) is 0 Å². The number of piperidine rings is 1. The van der Waals surface area contributed by atoms with Crippen molar-refractivity contribution < 1.29 is 17.2 Å². The predicted octanol–water partition coefficient (Wildman–Crippen LogP) is 2.48. The molecule has 1 aromatic rings. The molecule has 1 aromatic carbocycles. The highest BCUT2D eigenvalue weighted by Gasteiger charge is 2.30. The van der Waals surface area contributed by atoms with Crippen LogP contribution in [0.3, 0.4) is 0 Å². The third kappa shape index (κ3) is 3.71. The Morgan fingerprint density at radius 3 is 2.67 bits per heavy atom. The van der Waals surface area contributed by atoms with Gasteiger partial charge in [-0.3, -0.25) is 0 Å². The fourth-order valence-corrected chi connectivity index (χ4v) is 3.49. The van der Waals surface area contributed by atoms with Crippen molar-refractivity contribution in [2.75, 3.05) is 18.4 Å². The van der Waals surface area contributed by atoms with Gasteiger partial charge in [-0.05, 0) is 50.9 Å². The van der Waals surface area contributed by atoms with Crippen LogP contribution in [0.1, 0.15) is 19.8 Å². The highest BCUT2D eigenvalue weighted by Crippen LogP contribution is 2.28. The Morgan fingerprint density at radius 2 is 2.05 bits per heavy atom. The SMILES string of the molecule is CC(Nc1ccccc1S(=O)(=O)C(F)F)C1CCCNC1. The first-order valence-corrected chi connectivity index (χ1v) is 8.56. The minimum Gasteiger partial charge on any atom is -0.381 e. The molecule has 0 saturated carbocycles. The van der Waals surface area contributed by atoms with Crippen LogP contribution in [-0.4, -0.2) is 33.3 Å². The molecule has 2 unspecified atom stereocenters. The van der Waals surface area contributed by atoms with Gasteiger partial charge in [-0.15, -0.1) is 0 Å². The van der Waals surface area contributed by atoms with Crippen LogP contribution in [0, 0.1) is 5.92 Å². The second-order valence-electron chi connectivity index (χ2n) is 5.34. The van der Waals surface area contributed by atoms with E-state index in [1.165, 1.54) is 18.2 Å². The third-order valence-corrected chi connectivity index (χ3v) is 5.29. The van der Waals surface area contributed by atoms with Crippen LogP contribution in [0.4, 0.5) is 14.5 Å². The maximum atomic E-state index is 12.7. The molecule has 4 nitrogen and oxygen atoms in total. The van der Waals surface area contributed by atoms with E-state index < -0.39 is 15.6 Å². The Kier molecular flexibility index (Phi) is 5.16. The van der Waals surface area contributed by atoms with Crippen molar-refractivity contribution in [3.63, 3.8) is 0 Å². The molecule has 21 heavy (non-hydrogen) atoms. The number of halogens is 2. The lowest BCUT2D eigenvalue weighted by Crippen LogP contribution is -2.39. The molecule has 1 saturated heterocycles. The van der Waals surface area contributed by atoms with Crippen LogP contribution in [0.5, 0.6) is 0 Å². The Hall–Kier alpha value is -1.21. The largest absolute Gasteiger partial charge is 0.381 e. The topological polar surface area (TPSA) is 58.2 Å². The molecular formula is C14H20F2N2O2S. The number of rotatable bonds is 5. The van der Waals surface area contributed by atoms with Gasteiger partial charge in [0.05, 0.1) is 10.6 Å². The first-order valence-electron chi connectivity index (χ1n) is 7.01. The molecule has 1 aliphatic rings. The van der Waals surface area contributed by atoms with Gasteiger partial charge in [-0.1, -0.05) is 12.1 Å². The van der Waals surface area contributed by atoms with Gasteiger partial charge in [0.1, 0.15) is 0 Å². The molecule has 0 aliphatic carbocycles. The highest BCUT2D eigenvalue weighted by molar-refractivity contribution is 7.91. The summed E-state index contributed by atoms with van der Waals surface area (Å²) >= 11 is 0. The summed E-state index contributed by atoms with van der Waals surface area (Å²) in [5.74, 6) is -3.06. The van der Waals surface area contributed by atoms with E-state index in [1.807, 2.05) is 6.92 Å². The van der Waals surface area contributed by atoms with Gasteiger partial charge >= 0.3 is 5.76 Å². The van der Waals surface area contributed by atoms with Gasteiger partial charge in [0.2, 0.25) is 9.84 Å². The molecule has 7 heteroatoms. The summed E-state index contributed by atoms with van der Waals surface area (Å²) in [6, 6.07) is 5.84. The number of anilines is 1. The van der Waals surface area contributed by atoms with E-state index in [4.69, 9.17) is 0 Å². The molecule has 1 fully saturated rings. The first-order chi connectivity index (χ1) is 9.93. The number of alkyl halides is 2. The lowest BCUT2D eigenvalue weighted by Gasteiger charge is -2.30. The number of nitrogens with one attached hydrogen (secondary N) is 2. The van der Waals surface area contributed by atoms with Crippen molar-refractivity contribution in [1.82, 2.24) is 5.32 Å². The van der Waals surface area contributed by atoms with Gasteiger partial charge in [0, 0.05) is 6.04 Å². The van der Waals surface area contributed by atoms with Crippen LogP contribution >= 0.6 is 0 Å². The zero-order valence-corrected chi connectivity index (χ0v) is 12.7. The second-order valence-corrected chi connectivity index (χ2v) is 7.23. The van der Waals surface area contributed by atoms with Gasteiger partial charge in [-0.25, -0.2) is 8.42 Å². The lowest BCUT2D eigenvalue weighted by atomic mass is 9.92. The summed E-state index contributed by atoms with van der Waals surface area (Å²) in [7, 11) is -4.60. The monoisotopic (exact) mass is 318 g/mol. The molecule has 0 bridgehead atoms. The van der Waals surface area contributed by atoms with Crippen molar-refractivity contribution in [1.29, 1.82) is 0 Å². The Labute approximate surface area is 123 Å². The molecule has 118 valence electrons. The Morgan fingerprint density at radius 1 is 1.33 bits per heavy atom. The number of hydrogen-bond acceptors (Lipinski definition) is 4. The molecule has 1 aliphatic heterocycles. The van der Waals surface area contributed by atoms with E-state index in [0.29, 0.717) is 5.92 Å². The summed E-state index contributed by atoms with van der Waals surface area (Å²) in [5, 5.41) is 6.38. The number of hydrogen-bond donors (Lipinski definition) is 2. The standard InChI is InChI=1S/C14H20F2N2O2S/c1-10(11-5-4-8-17-9-11)18-12-6-2-3-7-13(12)21(19,20)14(15)16/h2-3,6-7,10-11,14,17-18H,4-5,8-9H2,1H3.